The zero-order valence-electron chi connectivity index (χ0n) is 10.3. The molecule has 0 aliphatic carbocycles. The van der Waals surface area contributed by atoms with E-state index in [0.29, 0.717) is 24.7 Å². The highest BCUT2D eigenvalue weighted by Crippen LogP contribution is 2.26. The van der Waals surface area contributed by atoms with Crippen LogP contribution in [-0.4, -0.2) is 38.6 Å². The molecule has 2 rings (SSSR count). The number of nitrogens with zero attached hydrogens (tertiary/aromatic N) is 1. The van der Waals surface area contributed by atoms with Gasteiger partial charge in [-0.3, -0.25) is 0 Å². The van der Waals surface area contributed by atoms with Gasteiger partial charge >= 0.3 is 0 Å². The van der Waals surface area contributed by atoms with Gasteiger partial charge in [0, 0.05) is 35.2 Å². The van der Waals surface area contributed by atoms with Crippen LogP contribution in [0.25, 0.3) is 0 Å². The lowest BCUT2D eigenvalue weighted by Crippen LogP contribution is -2.47. The highest BCUT2D eigenvalue weighted by atomic mass is 79.9. The molecule has 1 aromatic rings. The van der Waals surface area contributed by atoms with Crippen LogP contribution in [0.4, 0.5) is 0 Å². The maximum atomic E-state index is 11.6. The maximum Gasteiger partial charge on any atom is 0.211 e. The minimum Gasteiger partial charge on any atom is -0.308 e. The Morgan fingerprint density at radius 2 is 2.11 bits per heavy atom. The fourth-order valence-corrected chi connectivity index (χ4v) is 3.75. The first-order valence-electron chi connectivity index (χ1n) is 5.51. The van der Waals surface area contributed by atoms with Gasteiger partial charge in [-0.2, -0.15) is 4.31 Å². The van der Waals surface area contributed by atoms with Gasteiger partial charge in [-0.15, -0.1) is 12.4 Å². The Hall–Kier alpha value is 0.150. The molecule has 8 heteroatoms. The summed E-state index contributed by atoms with van der Waals surface area (Å²) in [6, 6.07) is 5.59. The Bertz CT molecular complexity index is 533. The quantitative estimate of drug-likeness (QED) is 0.844. The first-order valence-corrected chi connectivity index (χ1v) is 8.53. The van der Waals surface area contributed by atoms with E-state index in [1.165, 1.54) is 10.6 Å². The third kappa shape index (κ3) is 4.58. The van der Waals surface area contributed by atoms with Crippen molar-refractivity contribution in [2.45, 2.75) is 6.04 Å². The molecule has 1 aliphatic heterocycles. The molecule has 1 aromatic carbocycles. The van der Waals surface area contributed by atoms with E-state index in [9.17, 15) is 8.42 Å². The summed E-state index contributed by atoms with van der Waals surface area (Å²) in [5.74, 6) is 0. The number of hydrogen-bond donors (Lipinski definition) is 1. The molecule has 108 valence electrons. The van der Waals surface area contributed by atoms with Crippen LogP contribution in [0.1, 0.15) is 11.6 Å². The number of benzene rings is 1. The molecule has 1 atom stereocenters. The molecule has 4 nitrogen and oxygen atoms in total. The van der Waals surface area contributed by atoms with Crippen LogP contribution in [0, 0.1) is 0 Å². The lowest BCUT2D eigenvalue weighted by Gasteiger charge is -2.32. The van der Waals surface area contributed by atoms with Crippen molar-refractivity contribution < 1.29 is 8.42 Å². The van der Waals surface area contributed by atoms with Gasteiger partial charge in [-0.1, -0.05) is 27.5 Å². The molecule has 0 saturated carbocycles. The largest absolute Gasteiger partial charge is 0.308 e. The monoisotopic (exact) mass is 388 g/mol. The Labute approximate surface area is 133 Å². The lowest BCUT2D eigenvalue weighted by atomic mass is 10.1. The number of hydrogen-bond acceptors (Lipinski definition) is 3. The predicted octanol–water partition coefficient (Wildman–Crippen LogP) is 2.43. The average Bonchev–Trinajstić information content (AvgIpc) is 2.27. The molecular formula is C11H15BrCl2N2O2S. The van der Waals surface area contributed by atoms with Crippen molar-refractivity contribution in [3.63, 3.8) is 0 Å². The van der Waals surface area contributed by atoms with Crippen LogP contribution in [-0.2, 0) is 10.0 Å². The molecule has 0 unspecified atom stereocenters. The second kappa shape index (κ2) is 6.74. The minimum absolute atomic E-state index is 0. The van der Waals surface area contributed by atoms with Gasteiger partial charge in [0.2, 0.25) is 10.0 Å². The zero-order chi connectivity index (χ0) is 13.3. The standard InChI is InChI=1S/C11H14BrClN2O2S.ClH/c1-18(16,17)15-3-2-14-11(7-15)8-4-9(12)6-10(13)5-8;/h4-6,11,14H,2-3,7H2,1H3;1H/t11-;/m1./s1. The maximum absolute atomic E-state index is 11.6. The van der Waals surface area contributed by atoms with Crippen molar-refractivity contribution in [2.75, 3.05) is 25.9 Å². The van der Waals surface area contributed by atoms with E-state index in [4.69, 9.17) is 11.6 Å². The molecule has 19 heavy (non-hydrogen) atoms. The summed E-state index contributed by atoms with van der Waals surface area (Å²) in [6.07, 6.45) is 1.24. The van der Waals surface area contributed by atoms with E-state index in [2.05, 4.69) is 21.2 Å². The van der Waals surface area contributed by atoms with Crippen molar-refractivity contribution >= 4 is 50.0 Å². The van der Waals surface area contributed by atoms with Gasteiger partial charge in [0.1, 0.15) is 0 Å². The van der Waals surface area contributed by atoms with Crippen LogP contribution in [0.3, 0.4) is 0 Å². The highest BCUT2D eigenvalue weighted by molar-refractivity contribution is 9.10. The number of halogens is 3. The van der Waals surface area contributed by atoms with Crippen LogP contribution < -0.4 is 5.32 Å². The van der Waals surface area contributed by atoms with Crippen molar-refractivity contribution in [3.05, 3.63) is 33.3 Å². The molecule has 0 aromatic heterocycles. The Morgan fingerprint density at radius 3 is 2.68 bits per heavy atom. The Balaban J connectivity index is 0.00000180. The molecule has 1 saturated heterocycles. The van der Waals surface area contributed by atoms with Gasteiger partial charge < -0.3 is 5.32 Å². The van der Waals surface area contributed by atoms with Gasteiger partial charge in [-0.25, -0.2) is 8.42 Å². The molecule has 1 fully saturated rings. The lowest BCUT2D eigenvalue weighted by molar-refractivity contribution is 0.303. The number of sulfonamides is 1. The van der Waals surface area contributed by atoms with Gasteiger partial charge in [0.15, 0.2) is 0 Å². The van der Waals surface area contributed by atoms with Crippen molar-refractivity contribution in [3.8, 4) is 0 Å². The molecule has 1 heterocycles. The Kier molecular flexibility index (Phi) is 6.10. The third-order valence-corrected chi connectivity index (χ3v) is 4.84. The van der Waals surface area contributed by atoms with Crippen molar-refractivity contribution in [1.29, 1.82) is 0 Å². The van der Waals surface area contributed by atoms with E-state index in [0.717, 1.165) is 10.0 Å². The number of nitrogens with one attached hydrogen (secondary N) is 1. The Morgan fingerprint density at radius 1 is 1.42 bits per heavy atom. The van der Waals surface area contributed by atoms with E-state index < -0.39 is 10.0 Å². The van der Waals surface area contributed by atoms with E-state index in [1.54, 1.807) is 0 Å². The van der Waals surface area contributed by atoms with Gasteiger partial charge in [-0.05, 0) is 23.8 Å². The zero-order valence-corrected chi connectivity index (χ0v) is 14.2. The van der Waals surface area contributed by atoms with Crippen molar-refractivity contribution in [2.24, 2.45) is 0 Å². The smallest absolute Gasteiger partial charge is 0.211 e. The second-order valence-electron chi connectivity index (χ2n) is 4.33. The van der Waals surface area contributed by atoms with Crippen LogP contribution in [0.5, 0.6) is 0 Å². The SMILES string of the molecule is CS(=O)(=O)N1CCN[C@@H](c2cc(Cl)cc(Br)c2)C1.Cl. The van der Waals surface area contributed by atoms with Crippen LogP contribution in [0.2, 0.25) is 5.02 Å². The number of piperazine rings is 1. The summed E-state index contributed by atoms with van der Waals surface area (Å²) >= 11 is 9.40. The first kappa shape index (κ1) is 17.2. The van der Waals surface area contributed by atoms with Crippen molar-refractivity contribution in [1.82, 2.24) is 9.62 Å². The molecule has 1 N–H and O–H groups in total. The van der Waals surface area contributed by atoms with Gasteiger partial charge in [0.05, 0.1) is 6.26 Å². The highest BCUT2D eigenvalue weighted by Gasteiger charge is 2.26. The second-order valence-corrected chi connectivity index (χ2v) is 7.67. The molecule has 0 bridgehead atoms. The molecule has 0 amide bonds. The van der Waals surface area contributed by atoms with Gasteiger partial charge in [0.25, 0.3) is 0 Å². The van der Waals surface area contributed by atoms with Crippen LogP contribution in [0.15, 0.2) is 22.7 Å². The average molecular weight is 390 g/mol. The summed E-state index contributed by atoms with van der Waals surface area (Å²) in [4.78, 5) is 0. The predicted molar refractivity (Wildman–Crippen MR) is 83.6 cm³/mol. The van der Waals surface area contributed by atoms with E-state index >= 15 is 0 Å². The fraction of sp³-hybridized carbons (Fsp3) is 0.455. The summed E-state index contributed by atoms with van der Waals surface area (Å²) in [6.45, 7) is 1.59. The van der Waals surface area contributed by atoms with E-state index in [-0.39, 0.29) is 18.4 Å². The van der Waals surface area contributed by atoms with Crippen LogP contribution >= 0.6 is 39.9 Å². The summed E-state index contributed by atoms with van der Waals surface area (Å²) < 4.78 is 25.5. The summed E-state index contributed by atoms with van der Waals surface area (Å²) in [5, 5.41) is 3.94. The molecule has 0 radical (unpaired) electrons. The molecule has 0 spiro atoms. The van der Waals surface area contributed by atoms with E-state index in [1.807, 2.05) is 18.2 Å². The fourth-order valence-electron chi connectivity index (χ4n) is 2.02. The first-order chi connectivity index (χ1) is 8.36. The third-order valence-electron chi connectivity index (χ3n) is 2.89. The topological polar surface area (TPSA) is 49.4 Å². The molecular weight excluding hydrogens is 375 g/mol. The molecule has 1 aliphatic rings. The minimum atomic E-state index is -3.14. The number of rotatable bonds is 2. The summed E-state index contributed by atoms with van der Waals surface area (Å²) in [7, 11) is -3.14. The normalized spacial score (nSPS) is 20.9. The summed E-state index contributed by atoms with van der Waals surface area (Å²) in [5.41, 5.74) is 0.989.